The number of methoxy groups -OCH3 is 1. The van der Waals surface area contributed by atoms with Gasteiger partial charge >= 0.3 is 5.97 Å². The van der Waals surface area contributed by atoms with Gasteiger partial charge in [-0.15, -0.1) is 0 Å². The molecule has 1 saturated heterocycles. The first kappa shape index (κ1) is 25.5. The van der Waals surface area contributed by atoms with Crippen molar-refractivity contribution >= 4 is 44.8 Å². The molecule has 2 aromatic carbocycles. The first-order chi connectivity index (χ1) is 15.4. The highest BCUT2D eigenvalue weighted by molar-refractivity contribution is 7.92. The van der Waals surface area contributed by atoms with Gasteiger partial charge in [0.05, 0.1) is 18.0 Å². The fraction of sp³-hybridized carbons (Fsp3) is 0.364. The number of carbonyl (C=O) groups is 2. The second-order valence-electron chi connectivity index (χ2n) is 8.02. The molecule has 11 heteroatoms. The quantitative estimate of drug-likeness (QED) is 0.379. The minimum atomic E-state index is -4.72. The number of nitrogens with one attached hydrogen (secondary N) is 1. The van der Waals surface area contributed by atoms with E-state index >= 15 is 0 Å². The van der Waals surface area contributed by atoms with E-state index in [0.717, 1.165) is 26.2 Å². The van der Waals surface area contributed by atoms with Crippen LogP contribution in [0.1, 0.15) is 25.3 Å². The molecule has 0 saturated carbocycles. The molecule has 4 N–H and O–H groups in total. The minimum Gasteiger partial charge on any atom is -0.508 e. The lowest BCUT2D eigenvalue weighted by Gasteiger charge is -2.43. The molecule has 3 atom stereocenters. The number of Topliss-reactive ketones (excluding diaryl/α,β-unsaturated/α-hetero) is 1. The second kappa shape index (κ2) is 9.23. The van der Waals surface area contributed by atoms with Crippen molar-refractivity contribution in [3.05, 3.63) is 58.1 Å². The van der Waals surface area contributed by atoms with E-state index in [2.05, 4.69) is 5.32 Å². The number of esters is 1. The molecular weight excluding hydrogens is 491 g/mol. The van der Waals surface area contributed by atoms with Gasteiger partial charge in [-0.05, 0) is 62.2 Å². The molecule has 2 aromatic rings. The van der Waals surface area contributed by atoms with Crippen LogP contribution in [0, 0.1) is 5.41 Å². The van der Waals surface area contributed by atoms with Crippen LogP contribution in [0.4, 0.5) is 0 Å². The van der Waals surface area contributed by atoms with Crippen LogP contribution in [-0.4, -0.2) is 45.0 Å². The first-order valence-corrected chi connectivity index (χ1v) is 12.3. The highest BCUT2D eigenvalue weighted by Gasteiger charge is 2.66. The molecule has 1 heterocycles. The lowest BCUT2D eigenvalue weighted by molar-refractivity contribution is -0.160. The summed E-state index contributed by atoms with van der Waals surface area (Å²) in [5, 5.41) is 12.8. The van der Waals surface area contributed by atoms with E-state index in [1.165, 1.54) is 30.3 Å². The number of aromatic hydroxyl groups is 1. The third-order valence-corrected chi connectivity index (χ3v) is 8.86. The van der Waals surface area contributed by atoms with Crippen molar-refractivity contribution in [2.45, 2.75) is 35.6 Å². The van der Waals surface area contributed by atoms with Crippen LogP contribution >= 0.6 is 23.2 Å². The number of ether oxygens (including phenoxy) is 1. The number of ketones is 1. The van der Waals surface area contributed by atoms with Gasteiger partial charge in [0, 0.05) is 10.0 Å². The van der Waals surface area contributed by atoms with Gasteiger partial charge in [-0.1, -0.05) is 35.3 Å². The van der Waals surface area contributed by atoms with E-state index in [1.807, 2.05) is 0 Å². The fourth-order valence-corrected chi connectivity index (χ4v) is 6.95. The van der Waals surface area contributed by atoms with Crippen LogP contribution in [-0.2, 0) is 29.0 Å². The van der Waals surface area contributed by atoms with Gasteiger partial charge in [0.25, 0.3) is 0 Å². The largest absolute Gasteiger partial charge is 0.508 e. The van der Waals surface area contributed by atoms with Crippen LogP contribution in [0.15, 0.2) is 47.4 Å². The van der Waals surface area contributed by atoms with Crippen molar-refractivity contribution in [3.8, 4) is 5.75 Å². The average molecular weight is 515 g/mol. The Balaban J connectivity index is 2.39. The number of rotatable bonds is 7. The number of sulfone groups is 1. The highest BCUT2D eigenvalue weighted by atomic mass is 35.5. The van der Waals surface area contributed by atoms with Gasteiger partial charge in [-0.3, -0.25) is 9.59 Å². The summed E-state index contributed by atoms with van der Waals surface area (Å²) in [6.45, 7) is 1.69. The first-order valence-electron chi connectivity index (χ1n) is 10.0. The zero-order valence-electron chi connectivity index (χ0n) is 18.0. The topological polar surface area (TPSA) is 136 Å². The van der Waals surface area contributed by atoms with Gasteiger partial charge in [-0.25, -0.2) is 8.42 Å². The number of hydrogen-bond donors (Lipinski definition) is 3. The Morgan fingerprint density at radius 3 is 2.21 bits per heavy atom. The number of phenols is 1. The molecule has 0 spiro atoms. The van der Waals surface area contributed by atoms with Crippen molar-refractivity contribution in [2.24, 2.45) is 11.1 Å². The molecule has 1 aliphatic heterocycles. The van der Waals surface area contributed by atoms with Crippen LogP contribution in [0.2, 0.25) is 10.0 Å². The van der Waals surface area contributed by atoms with E-state index in [-0.39, 0.29) is 26.3 Å². The zero-order chi connectivity index (χ0) is 24.6. The van der Waals surface area contributed by atoms with Gasteiger partial charge in [0.1, 0.15) is 5.75 Å². The van der Waals surface area contributed by atoms with Gasteiger partial charge < -0.3 is 20.9 Å². The molecule has 178 valence electrons. The highest BCUT2D eigenvalue weighted by Crippen LogP contribution is 2.48. The molecule has 1 fully saturated rings. The molecule has 0 aliphatic carbocycles. The predicted molar refractivity (Wildman–Crippen MR) is 124 cm³/mol. The van der Waals surface area contributed by atoms with Crippen molar-refractivity contribution in [3.63, 3.8) is 0 Å². The maximum Gasteiger partial charge on any atom is 0.322 e. The number of halogens is 2. The molecule has 2 unspecified atom stereocenters. The van der Waals surface area contributed by atoms with Crippen LogP contribution in [0.5, 0.6) is 5.75 Å². The molecule has 1 aliphatic rings. The standard InChI is InChI=1S/C22H24Cl2N2O6S/c1-21(20(29)32-2,19(28)18-4-3-9-26-18)22(25,13-5-7-16(27)8-6-13)33(30,31)17-11-14(23)10-15(24)12-17/h5-8,10-12,18,26-27H,3-4,9,25H2,1-2H3/t18-,21?,22?/m1/s1. The minimum absolute atomic E-state index is 0.0256. The summed E-state index contributed by atoms with van der Waals surface area (Å²) in [5.74, 6) is -2.00. The maximum atomic E-state index is 14.1. The lowest BCUT2D eigenvalue weighted by atomic mass is 9.72. The normalized spacial score (nSPS) is 20.0. The zero-order valence-corrected chi connectivity index (χ0v) is 20.3. The summed E-state index contributed by atoms with van der Waals surface area (Å²) >= 11 is 12.1. The van der Waals surface area contributed by atoms with E-state index in [4.69, 9.17) is 33.7 Å². The van der Waals surface area contributed by atoms with Gasteiger partial charge in [-0.2, -0.15) is 0 Å². The third-order valence-electron chi connectivity index (χ3n) is 6.07. The summed E-state index contributed by atoms with van der Waals surface area (Å²) in [6, 6.07) is 7.74. The molecular formula is C22H24Cl2N2O6S. The van der Waals surface area contributed by atoms with Crippen molar-refractivity contribution in [2.75, 3.05) is 13.7 Å². The van der Waals surface area contributed by atoms with E-state index in [9.17, 15) is 23.1 Å². The number of phenolic OH excluding ortho intramolecular Hbond substituents is 1. The monoisotopic (exact) mass is 514 g/mol. The summed E-state index contributed by atoms with van der Waals surface area (Å²) < 4.78 is 33.2. The molecule has 8 nitrogen and oxygen atoms in total. The number of nitrogens with two attached hydrogens (primary N) is 1. The Hall–Kier alpha value is -2.17. The lowest BCUT2D eigenvalue weighted by Crippen LogP contribution is -2.66. The molecule has 0 bridgehead atoms. The Morgan fingerprint density at radius 1 is 1.15 bits per heavy atom. The Labute approximate surface area is 201 Å². The summed E-state index contributed by atoms with van der Waals surface area (Å²) in [7, 11) is -3.67. The molecule has 0 radical (unpaired) electrons. The SMILES string of the molecule is COC(=O)C(C)(C(=O)[C@H]1CCCN1)C(N)(c1ccc(O)cc1)S(=O)(=O)c1cc(Cl)cc(Cl)c1. The summed E-state index contributed by atoms with van der Waals surface area (Å²) in [5.41, 5.74) is 4.22. The van der Waals surface area contributed by atoms with Crippen LogP contribution < -0.4 is 11.1 Å². The molecule has 33 heavy (non-hydrogen) atoms. The van der Waals surface area contributed by atoms with E-state index < -0.39 is 37.9 Å². The number of hydrogen-bond acceptors (Lipinski definition) is 8. The smallest absolute Gasteiger partial charge is 0.322 e. The van der Waals surface area contributed by atoms with Crippen molar-refractivity contribution < 1.29 is 27.9 Å². The van der Waals surface area contributed by atoms with Gasteiger partial charge in [0.2, 0.25) is 9.84 Å². The van der Waals surface area contributed by atoms with Crippen molar-refractivity contribution in [1.82, 2.24) is 5.32 Å². The van der Waals surface area contributed by atoms with Gasteiger partial charge in [0.15, 0.2) is 16.1 Å². The molecule has 3 rings (SSSR count). The second-order valence-corrected chi connectivity index (χ2v) is 11.0. The summed E-state index contributed by atoms with van der Waals surface area (Å²) in [4.78, 5) is 24.0. The fourth-order valence-electron chi connectivity index (χ4n) is 4.19. The van der Waals surface area contributed by atoms with E-state index in [0.29, 0.717) is 19.4 Å². The molecule has 0 aromatic heterocycles. The number of benzene rings is 2. The third kappa shape index (κ3) is 4.13. The average Bonchev–Trinajstić information content (AvgIpc) is 3.31. The number of carbonyl (C=O) groups excluding carboxylic acids is 2. The Morgan fingerprint density at radius 2 is 1.73 bits per heavy atom. The molecule has 0 amide bonds. The van der Waals surface area contributed by atoms with Crippen molar-refractivity contribution in [1.29, 1.82) is 0 Å². The Kier molecular flexibility index (Phi) is 7.12. The summed E-state index contributed by atoms with van der Waals surface area (Å²) in [6.07, 6.45) is 1.07. The van der Waals surface area contributed by atoms with Crippen LogP contribution in [0.25, 0.3) is 0 Å². The maximum absolute atomic E-state index is 14.1. The van der Waals surface area contributed by atoms with E-state index in [1.54, 1.807) is 0 Å². The van der Waals surface area contributed by atoms with Crippen LogP contribution in [0.3, 0.4) is 0 Å². The predicted octanol–water partition coefficient (Wildman–Crippen LogP) is 2.78. The Bertz CT molecular complexity index is 1160.